The molecule has 0 radical (unpaired) electrons. The highest BCUT2D eigenvalue weighted by atomic mass is 19.4. The molecule has 3 heterocycles. The van der Waals surface area contributed by atoms with Crippen molar-refractivity contribution in [3.05, 3.63) is 78.6 Å². The fourth-order valence-corrected chi connectivity index (χ4v) is 4.94. The maximum atomic E-state index is 13.0. The number of aromatic amines is 2. The Kier molecular flexibility index (Phi) is 6.48. The van der Waals surface area contributed by atoms with E-state index in [9.17, 15) is 13.2 Å². The number of piperazine rings is 1. The van der Waals surface area contributed by atoms with E-state index in [1.54, 1.807) is 18.2 Å². The van der Waals surface area contributed by atoms with Crippen molar-refractivity contribution < 1.29 is 17.9 Å². The van der Waals surface area contributed by atoms with Crippen LogP contribution in [0.2, 0.25) is 0 Å². The van der Waals surface area contributed by atoms with Crippen LogP contribution in [0.3, 0.4) is 0 Å². The minimum absolute atomic E-state index is 0.192. The fourth-order valence-electron chi connectivity index (χ4n) is 4.94. The molecule has 200 valence electrons. The zero-order valence-electron chi connectivity index (χ0n) is 21.1. The van der Waals surface area contributed by atoms with Crippen molar-refractivity contribution in [3.63, 3.8) is 0 Å². The van der Waals surface area contributed by atoms with E-state index < -0.39 is 12.0 Å². The third kappa shape index (κ3) is 5.07. The Morgan fingerprint density at radius 1 is 0.872 bits per heavy atom. The van der Waals surface area contributed by atoms with Crippen LogP contribution in [0.15, 0.2) is 67.2 Å². The van der Waals surface area contributed by atoms with E-state index >= 15 is 0 Å². The van der Waals surface area contributed by atoms with Crippen LogP contribution in [0.5, 0.6) is 5.75 Å². The number of nitrogens with zero attached hydrogens (tertiary/aromatic N) is 4. The maximum absolute atomic E-state index is 13.0. The van der Waals surface area contributed by atoms with Crippen LogP contribution in [0, 0.1) is 0 Å². The van der Waals surface area contributed by atoms with Crippen molar-refractivity contribution in [1.29, 1.82) is 0 Å². The number of hydrogen-bond donors (Lipinski definition) is 2. The molecule has 2 aromatic heterocycles. The lowest BCUT2D eigenvalue weighted by Crippen LogP contribution is -2.47. The number of benzene rings is 3. The van der Waals surface area contributed by atoms with Crippen LogP contribution < -0.4 is 9.64 Å². The molecule has 0 atom stereocenters. The van der Waals surface area contributed by atoms with Gasteiger partial charge in [0.25, 0.3) is 0 Å². The summed E-state index contributed by atoms with van der Waals surface area (Å²) in [5, 5.41) is 0. The monoisotopic (exact) mass is 532 g/mol. The lowest BCUT2D eigenvalue weighted by Gasteiger charge is -2.36. The second-order valence-corrected chi connectivity index (χ2v) is 9.50. The third-order valence-corrected chi connectivity index (χ3v) is 7.03. The molecular weight excluding hydrogens is 505 g/mol. The van der Waals surface area contributed by atoms with Gasteiger partial charge in [0.15, 0.2) is 0 Å². The van der Waals surface area contributed by atoms with Crippen molar-refractivity contribution >= 4 is 33.8 Å². The first-order valence-electron chi connectivity index (χ1n) is 12.8. The lowest BCUT2D eigenvalue weighted by atomic mass is 10.1. The van der Waals surface area contributed by atoms with Gasteiger partial charge >= 0.3 is 6.18 Å². The SMILES string of the molecule is C=Cc1ccc(-c2nc3c(N4CCN(CCOc5cccc6[nH]c(C(F)(F)F)nc56)CC4)cccc3[nH]2)cc1. The molecule has 0 saturated carbocycles. The highest BCUT2D eigenvalue weighted by Crippen LogP contribution is 2.32. The predicted molar refractivity (Wildman–Crippen MR) is 147 cm³/mol. The number of hydrogen-bond acceptors (Lipinski definition) is 5. The topological polar surface area (TPSA) is 73.1 Å². The summed E-state index contributed by atoms with van der Waals surface area (Å²) >= 11 is 0. The van der Waals surface area contributed by atoms with Gasteiger partial charge in [-0.05, 0) is 29.8 Å². The van der Waals surface area contributed by atoms with Gasteiger partial charge in [0, 0.05) is 38.3 Å². The molecule has 1 fully saturated rings. The van der Waals surface area contributed by atoms with Crippen LogP contribution in [-0.2, 0) is 6.18 Å². The molecule has 0 aliphatic carbocycles. The predicted octanol–water partition coefficient (Wildman–Crippen LogP) is 5.97. The standard InChI is InChI=1S/C29H27F3N6O/c1-2-19-9-11-20(12-10-19)27-33-21-5-3-7-23(25(21)35-27)38-15-13-37(14-16-38)17-18-39-24-8-4-6-22-26(24)36-28(34-22)29(30,31)32/h2-12H,1,13-18H2,(H,33,35)(H,34,36). The Morgan fingerprint density at radius 3 is 2.31 bits per heavy atom. The third-order valence-electron chi connectivity index (χ3n) is 7.03. The number of rotatable bonds is 7. The molecule has 39 heavy (non-hydrogen) atoms. The van der Waals surface area contributed by atoms with Gasteiger partial charge in [-0.2, -0.15) is 13.2 Å². The summed E-state index contributed by atoms with van der Waals surface area (Å²) in [6.45, 7) is 8.17. The van der Waals surface area contributed by atoms with Gasteiger partial charge in [-0.15, -0.1) is 0 Å². The van der Waals surface area contributed by atoms with Crippen molar-refractivity contribution in [2.45, 2.75) is 6.18 Å². The van der Waals surface area contributed by atoms with Crippen LogP contribution in [0.25, 0.3) is 39.5 Å². The molecule has 0 amide bonds. The zero-order valence-corrected chi connectivity index (χ0v) is 21.1. The van der Waals surface area contributed by atoms with Gasteiger partial charge in [-0.3, -0.25) is 4.90 Å². The van der Waals surface area contributed by atoms with Crippen molar-refractivity contribution in [2.75, 3.05) is 44.2 Å². The van der Waals surface area contributed by atoms with E-state index in [0.29, 0.717) is 24.4 Å². The van der Waals surface area contributed by atoms with Crippen LogP contribution in [0.1, 0.15) is 11.4 Å². The van der Waals surface area contributed by atoms with Gasteiger partial charge in [-0.25, -0.2) is 9.97 Å². The first-order valence-corrected chi connectivity index (χ1v) is 12.8. The van der Waals surface area contributed by atoms with Gasteiger partial charge in [0.05, 0.1) is 16.7 Å². The largest absolute Gasteiger partial charge is 0.490 e. The molecule has 1 saturated heterocycles. The number of para-hydroxylation sites is 2. The number of alkyl halides is 3. The Bertz CT molecular complexity index is 1610. The molecule has 1 aliphatic heterocycles. The highest BCUT2D eigenvalue weighted by Gasteiger charge is 2.35. The zero-order chi connectivity index (χ0) is 27.0. The minimum atomic E-state index is -4.53. The van der Waals surface area contributed by atoms with E-state index in [4.69, 9.17) is 9.72 Å². The second kappa shape index (κ2) is 10.1. The Morgan fingerprint density at radius 2 is 1.59 bits per heavy atom. The first kappa shape index (κ1) is 25.0. The van der Waals surface area contributed by atoms with Gasteiger partial charge in [0.1, 0.15) is 29.2 Å². The van der Waals surface area contributed by atoms with Crippen molar-refractivity contribution in [3.8, 4) is 17.1 Å². The summed E-state index contributed by atoms with van der Waals surface area (Å²) in [6.07, 6.45) is -2.71. The number of fused-ring (bicyclic) bond motifs is 2. The molecule has 0 spiro atoms. The molecule has 0 bridgehead atoms. The van der Waals surface area contributed by atoms with Crippen molar-refractivity contribution in [2.24, 2.45) is 0 Å². The average Bonchev–Trinajstić information content (AvgIpc) is 3.59. The molecule has 6 rings (SSSR count). The molecular formula is C29H27F3N6O. The number of ether oxygens (including phenoxy) is 1. The smallest absolute Gasteiger partial charge is 0.449 e. The molecule has 2 N–H and O–H groups in total. The van der Waals surface area contributed by atoms with Gasteiger partial charge in [-0.1, -0.05) is 49.1 Å². The molecule has 3 aromatic carbocycles. The average molecular weight is 533 g/mol. The van der Waals surface area contributed by atoms with E-state index in [2.05, 4.69) is 37.4 Å². The summed E-state index contributed by atoms with van der Waals surface area (Å²) in [5.74, 6) is 0.158. The molecule has 10 heteroatoms. The molecule has 7 nitrogen and oxygen atoms in total. The maximum Gasteiger partial charge on any atom is 0.449 e. The summed E-state index contributed by atoms with van der Waals surface area (Å²) < 4.78 is 45.0. The summed E-state index contributed by atoms with van der Waals surface area (Å²) in [4.78, 5) is 19.0. The van der Waals surface area contributed by atoms with Crippen LogP contribution in [0.4, 0.5) is 18.9 Å². The fraction of sp³-hybridized carbons (Fsp3) is 0.241. The van der Waals surface area contributed by atoms with Gasteiger partial charge < -0.3 is 19.6 Å². The normalized spacial score (nSPS) is 14.8. The number of H-pyrrole nitrogens is 2. The minimum Gasteiger partial charge on any atom is -0.490 e. The van der Waals surface area contributed by atoms with E-state index in [0.717, 1.165) is 59.9 Å². The summed E-state index contributed by atoms with van der Waals surface area (Å²) in [7, 11) is 0. The Labute approximate surface area is 222 Å². The Balaban J connectivity index is 1.08. The van der Waals surface area contributed by atoms with E-state index in [1.807, 2.05) is 42.5 Å². The Hall–Kier alpha value is -4.31. The second-order valence-electron chi connectivity index (χ2n) is 9.50. The number of anilines is 1. The molecule has 0 unspecified atom stereocenters. The van der Waals surface area contributed by atoms with Gasteiger partial charge in [0.2, 0.25) is 5.82 Å². The highest BCUT2D eigenvalue weighted by molar-refractivity contribution is 5.91. The van der Waals surface area contributed by atoms with E-state index in [1.165, 1.54) is 0 Å². The molecule has 1 aliphatic rings. The van der Waals surface area contributed by atoms with Crippen molar-refractivity contribution in [1.82, 2.24) is 24.8 Å². The van der Waals surface area contributed by atoms with Crippen LogP contribution >= 0.6 is 0 Å². The lowest BCUT2D eigenvalue weighted by molar-refractivity contribution is -0.144. The quantitative estimate of drug-likeness (QED) is 0.270. The summed E-state index contributed by atoms with van der Waals surface area (Å²) in [5.41, 5.74) is 5.62. The molecule has 5 aromatic rings. The summed E-state index contributed by atoms with van der Waals surface area (Å²) in [6, 6.07) is 19.2. The number of aromatic nitrogens is 4. The van der Waals surface area contributed by atoms with Crippen LogP contribution in [-0.4, -0.2) is 64.2 Å². The number of imidazole rings is 2. The number of nitrogens with one attached hydrogen (secondary N) is 2. The first-order chi connectivity index (χ1) is 18.9. The van der Waals surface area contributed by atoms with E-state index in [-0.39, 0.29) is 5.52 Å². The number of halogens is 3.